The number of phosphoric ester groups is 1. The smallest absolute Gasteiger partial charge is 0.472 e. The van der Waals surface area contributed by atoms with Crippen molar-refractivity contribution >= 4 is 25.7 Å². The maximum atomic E-state index is 12.6. The molecule has 0 aliphatic rings. The number of nitrogens with two attached hydrogens (primary N) is 1. The van der Waals surface area contributed by atoms with Crippen molar-refractivity contribution < 1.29 is 47.5 Å². The lowest BCUT2D eigenvalue weighted by Crippen LogP contribution is -2.34. The van der Waals surface area contributed by atoms with Crippen molar-refractivity contribution in [2.45, 2.75) is 154 Å². The number of rotatable bonds is 38. The van der Waals surface area contributed by atoms with E-state index in [1.807, 2.05) is 0 Å². The molecule has 0 rings (SSSR count). The summed E-state index contributed by atoms with van der Waals surface area (Å²) in [5.74, 6) is -2.46. The van der Waals surface area contributed by atoms with Crippen LogP contribution < -0.4 is 5.73 Å². The monoisotopic (exact) mass is 832 g/mol. The molecule has 11 nitrogen and oxygen atoms in total. The van der Waals surface area contributed by atoms with Crippen molar-refractivity contribution in [3.8, 4) is 0 Å². The number of unbranched alkanes of at least 4 members (excludes halogenated alkanes) is 8. The number of carboxylic acids is 1. The van der Waals surface area contributed by atoms with Crippen LogP contribution in [0, 0.1) is 0 Å². The summed E-state index contributed by atoms with van der Waals surface area (Å²) in [5.41, 5.74) is 5.33. The zero-order chi connectivity index (χ0) is 42.8. The Morgan fingerprint density at radius 2 is 0.914 bits per heavy atom. The lowest BCUT2D eigenvalue weighted by atomic mass is 10.1. The summed E-state index contributed by atoms with van der Waals surface area (Å²) in [5, 5.41) is 8.89. The van der Waals surface area contributed by atoms with Crippen molar-refractivity contribution in [3.63, 3.8) is 0 Å². The number of aliphatic carboxylic acids is 1. The number of carbonyl (C=O) groups excluding carboxylic acids is 2. The number of phosphoric acid groups is 1. The number of ether oxygens (including phenoxy) is 2. The van der Waals surface area contributed by atoms with Crippen LogP contribution >= 0.6 is 7.82 Å². The molecule has 0 aliphatic carbocycles. The number of allylic oxidation sites excluding steroid dienone is 16. The van der Waals surface area contributed by atoms with Gasteiger partial charge in [-0.15, -0.1) is 0 Å². The minimum absolute atomic E-state index is 0.128. The van der Waals surface area contributed by atoms with Crippen molar-refractivity contribution in [2.24, 2.45) is 5.73 Å². The van der Waals surface area contributed by atoms with Gasteiger partial charge in [-0.2, -0.15) is 0 Å². The van der Waals surface area contributed by atoms with Crippen LogP contribution in [-0.2, 0) is 37.5 Å². The number of hydrogen-bond acceptors (Lipinski definition) is 9. The third-order valence-corrected chi connectivity index (χ3v) is 9.28. The summed E-state index contributed by atoms with van der Waals surface area (Å²) >= 11 is 0. The average Bonchev–Trinajstić information content (AvgIpc) is 3.20. The summed E-state index contributed by atoms with van der Waals surface area (Å²) in [6.07, 6.45) is 50.4. The lowest BCUT2D eigenvalue weighted by Gasteiger charge is -2.20. The summed E-state index contributed by atoms with van der Waals surface area (Å²) in [7, 11) is -4.74. The van der Waals surface area contributed by atoms with Crippen LogP contribution in [0.15, 0.2) is 97.2 Å². The Balaban J connectivity index is 4.48. The number of carboxylic acid groups (broad SMARTS) is 1. The normalized spacial score (nSPS) is 14.7. The molecule has 0 bridgehead atoms. The van der Waals surface area contributed by atoms with Gasteiger partial charge in [-0.1, -0.05) is 137 Å². The zero-order valence-corrected chi connectivity index (χ0v) is 36.2. The first-order valence-corrected chi connectivity index (χ1v) is 22.8. The zero-order valence-electron chi connectivity index (χ0n) is 35.3. The van der Waals surface area contributed by atoms with Crippen molar-refractivity contribution in [3.05, 3.63) is 97.2 Å². The Morgan fingerprint density at radius 1 is 0.534 bits per heavy atom. The van der Waals surface area contributed by atoms with E-state index in [4.69, 9.17) is 24.8 Å². The fraction of sp³-hybridized carbons (Fsp3) is 0.587. The summed E-state index contributed by atoms with van der Waals surface area (Å²) < 4.78 is 32.6. The molecule has 4 N–H and O–H groups in total. The van der Waals surface area contributed by atoms with Gasteiger partial charge in [-0.3, -0.25) is 23.4 Å². The average molecular weight is 832 g/mol. The third kappa shape index (κ3) is 39.2. The highest BCUT2D eigenvalue weighted by atomic mass is 31.2. The molecule has 0 amide bonds. The topological polar surface area (TPSA) is 172 Å². The van der Waals surface area contributed by atoms with E-state index < -0.39 is 51.1 Å². The highest BCUT2D eigenvalue weighted by Crippen LogP contribution is 2.43. The molecular formula is C46H74NO10P. The molecule has 0 aromatic heterocycles. The van der Waals surface area contributed by atoms with Crippen LogP contribution in [0.25, 0.3) is 0 Å². The minimum Gasteiger partial charge on any atom is -0.480 e. The van der Waals surface area contributed by atoms with E-state index in [9.17, 15) is 23.8 Å². The summed E-state index contributed by atoms with van der Waals surface area (Å²) in [4.78, 5) is 45.9. The molecule has 0 saturated heterocycles. The quantitative estimate of drug-likeness (QED) is 0.0234. The fourth-order valence-electron chi connectivity index (χ4n) is 5.04. The second-order valence-electron chi connectivity index (χ2n) is 13.7. The molecule has 1 unspecified atom stereocenters. The van der Waals surface area contributed by atoms with E-state index in [-0.39, 0.29) is 19.4 Å². The maximum Gasteiger partial charge on any atom is 0.472 e. The first-order chi connectivity index (χ1) is 28.1. The van der Waals surface area contributed by atoms with Gasteiger partial charge in [0, 0.05) is 12.8 Å². The summed E-state index contributed by atoms with van der Waals surface area (Å²) in [6, 6.07) is -1.53. The van der Waals surface area contributed by atoms with Crippen LogP contribution in [0.2, 0.25) is 0 Å². The molecule has 0 aromatic rings. The molecule has 12 heteroatoms. The fourth-order valence-corrected chi connectivity index (χ4v) is 5.82. The van der Waals surface area contributed by atoms with Gasteiger partial charge in [0.2, 0.25) is 0 Å². The number of esters is 2. The first kappa shape index (κ1) is 54.4. The standard InChI is InChI=1S/C46H74NO10P/c1-3-5-7-9-11-13-15-17-19-20-21-22-24-25-27-29-31-33-35-37-44(48)54-39-42(40-55-58(52,53)56-41-43(47)46(50)51)57-45(49)38-36-34-32-30-28-26-23-18-16-14-12-10-8-6-4-2/h5-8,11-14,17-19,21-23,25,27,42-43H,3-4,9-10,15-16,20,24,26,28-41,47H2,1-2H3,(H,50,51)(H,52,53)/b7-5+,8-6+,13-11+,14-12+,19-17+,22-21+,23-18+,27-25+/t42-,43+/m1/s1. The first-order valence-electron chi connectivity index (χ1n) is 21.3. The van der Waals surface area contributed by atoms with Gasteiger partial charge >= 0.3 is 25.7 Å². The van der Waals surface area contributed by atoms with Crippen molar-refractivity contribution in [1.82, 2.24) is 0 Å². The van der Waals surface area contributed by atoms with Crippen LogP contribution in [0.3, 0.4) is 0 Å². The predicted octanol–water partition coefficient (Wildman–Crippen LogP) is 11.3. The van der Waals surface area contributed by atoms with E-state index in [0.717, 1.165) is 103 Å². The molecule has 0 saturated carbocycles. The van der Waals surface area contributed by atoms with Crippen LogP contribution in [0.5, 0.6) is 0 Å². The van der Waals surface area contributed by atoms with Crippen LogP contribution in [0.1, 0.15) is 142 Å². The predicted molar refractivity (Wildman–Crippen MR) is 235 cm³/mol. The molecule has 0 heterocycles. The van der Waals surface area contributed by atoms with Gasteiger partial charge in [-0.05, 0) is 89.9 Å². The third-order valence-electron chi connectivity index (χ3n) is 8.33. The van der Waals surface area contributed by atoms with Crippen LogP contribution in [0.4, 0.5) is 0 Å². The van der Waals surface area contributed by atoms with Gasteiger partial charge in [0.05, 0.1) is 13.2 Å². The SMILES string of the molecule is CC/C=C/C/C=C/C/C=C/C/C=C/C/C=C/CCCCCC(=O)OC[C@H](COP(=O)(O)OC[C@H](N)C(=O)O)OC(=O)CCCCCCC/C=C/C/C=C/C/C=C/CC. The second kappa shape index (κ2) is 40.2. The lowest BCUT2D eigenvalue weighted by molar-refractivity contribution is -0.161. The Bertz CT molecular complexity index is 1350. The summed E-state index contributed by atoms with van der Waals surface area (Å²) in [6.45, 7) is 2.50. The molecule has 3 atom stereocenters. The number of carbonyl (C=O) groups is 3. The second-order valence-corrected chi connectivity index (χ2v) is 15.2. The van der Waals surface area contributed by atoms with E-state index >= 15 is 0 Å². The molecule has 0 aromatic carbocycles. The molecule has 0 aliphatic heterocycles. The molecule has 0 spiro atoms. The van der Waals surface area contributed by atoms with Crippen molar-refractivity contribution in [2.75, 3.05) is 19.8 Å². The maximum absolute atomic E-state index is 12.6. The Kier molecular flexibility index (Phi) is 37.7. The van der Waals surface area contributed by atoms with Crippen LogP contribution in [-0.4, -0.2) is 59.9 Å². The van der Waals surface area contributed by atoms with E-state index in [0.29, 0.717) is 12.8 Å². The highest BCUT2D eigenvalue weighted by Gasteiger charge is 2.28. The van der Waals surface area contributed by atoms with E-state index in [1.54, 1.807) is 0 Å². The van der Waals surface area contributed by atoms with Gasteiger partial charge in [-0.25, -0.2) is 4.57 Å². The highest BCUT2D eigenvalue weighted by molar-refractivity contribution is 7.47. The van der Waals surface area contributed by atoms with Gasteiger partial charge < -0.3 is 25.2 Å². The molecule has 0 radical (unpaired) electrons. The number of hydrogen-bond donors (Lipinski definition) is 3. The van der Waals surface area contributed by atoms with E-state index in [2.05, 4.69) is 116 Å². The van der Waals surface area contributed by atoms with E-state index in [1.165, 1.54) is 0 Å². The Labute approximate surface area is 349 Å². The molecule has 328 valence electrons. The van der Waals surface area contributed by atoms with Gasteiger partial charge in [0.15, 0.2) is 6.10 Å². The molecule has 58 heavy (non-hydrogen) atoms. The molecular weight excluding hydrogens is 757 g/mol. The molecule has 0 fully saturated rings. The minimum atomic E-state index is -4.74. The van der Waals surface area contributed by atoms with Gasteiger partial charge in [0.25, 0.3) is 0 Å². The largest absolute Gasteiger partial charge is 0.480 e. The van der Waals surface area contributed by atoms with Gasteiger partial charge in [0.1, 0.15) is 12.6 Å². The van der Waals surface area contributed by atoms with Crippen molar-refractivity contribution in [1.29, 1.82) is 0 Å². The Hall–Kier alpha value is -3.60. The Morgan fingerprint density at radius 3 is 1.38 bits per heavy atom.